The Bertz CT molecular complexity index is 633. The van der Waals surface area contributed by atoms with Gasteiger partial charge in [-0.2, -0.15) is 0 Å². The summed E-state index contributed by atoms with van der Waals surface area (Å²) in [6.45, 7) is 12.9. The molecule has 0 aliphatic heterocycles. The molecule has 0 radical (unpaired) electrons. The number of hydrogen-bond acceptors (Lipinski definition) is 3. The summed E-state index contributed by atoms with van der Waals surface area (Å²) in [4.78, 5) is 0. The SMILES string of the molecule is C=C[C@@]1(O)[C@H](OCc2ccc(OC)cc2)[C@H]2CC[C@]1(C=C)C2(C)C. The lowest BCUT2D eigenvalue weighted by molar-refractivity contribution is -0.133. The van der Waals surface area contributed by atoms with Crippen molar-refractivity contribution in [1.82, 2.24) is 0 Å². The van der Waals surface area contributed by atoms with Crippen LogP contribution in [0.15, 0.2) is 49.6 Å². The topological polar surface area (TPSA) is 38.7 Å². The summed E-state index contributed by atoms with van der Waals surface area (Å²) in [5.41, 5.74) is -0.456. The Hall–Kier alpha value is -1.58. The van der Waals surface area contributed by atoms with E-state index in [0.29, 0.717) is 6.61 Å². The van der Waals surface area contributed by atoms with Gasteiger partial charge >= 0.3 is 0 Å². The molecule has 2 saturated carbocycles. The van der Waals surface area contributed by atoms with Gasteiger partial charge in [0.15, 0.2) is 0 Å². The van der Waals surface area contributed by atoms with Crippen LogP contribution < -0.4 is 4.74 Å². The highest BCUT2D eigenvalue weighted by Gasteiger charge is 2.73. The molecule has 1 aromatic rings. The maximum absolute atomic E-state index is 11.5. The molecule has 2 aliphatic rings. The van der Waals surface area contributed by atoms with Crippen LogP contribution in [-0.2, 0) is 11.3 Å². The summed E-state index contributed by atoms with van der Waals surface area (Å²) < 4.78 is 11.4. The lowest BCUT2D eigenvalue weighted by Crippen LogP contribution is -2.53. The standard InChI is InChI=1S/C21H28O3/c1-6-20-13-12-17(19(20,3)4)18(21(20,22)7-2)24-14-15-8-10-16(23-5)11-9-15/h6-11,17-18,22H,1-2,12-14H2,3-5H3/t17-,18-,20-,21-/m1/s1. The molecule has 4 atom stereocenters. The Morgan fingerprint density at radius 3 is 2.42 bits per heavy atom. The van der Waals surface area contributed by atoms with E-state index in [1.165, 1.54) is 0 Å². The smallest absolute Gasteiger partial charge is 0.118 e. The second kappa shape index (κ2) is 5.75. The molecule has 0 unspecified atom stereocenters. The molecule has 1 aromatic carbocycles. The second-order valence-corrected chi connectivity index (χ2v) is 7.65. The molecule has 3 heteroatoms. The van der Waals surface area contributed by atoms with Gasteiger partial charge in [0, 0.05) is 5.41 Å². The summed E-state index contributed by atoms with van der Waals surface area (Å²) in [6.07, 6.45) is 5.32. The van der Waals surface area contributed by atoms with Crippen LogP contribution in [0.4, 0.5) is 0 Å². The van der Waals surface area contributed by atoms with E-state index < -0.39 is 5.60 Å². The molecule has 3 rings (SSSR count). The summed E-state index contributed by atoms with van der Waals surface area (Å²) in [5, 5.41) is 11.5. The zero-order chi connectivity index (χ0) is 17.6. The minimum absolute atomic E-state index is 0.0672. The largest absolute Gasteiger partial charge is 0.497 e. The van der Waals surface area contributed by atoms with Crippen molar-refractivity contribution in [1.29, 1.82) is 0 Å². The highest BCUT2D eigenvalue weighted by Crippen LogP contribution is 2.71. The Morgan fingerprint density at radius 2 is 1.88 bits per heavy atom. The Labute approximate surface area is 145 Å². The van der Waals surface area contributed by atoms with E-state index >= 15 is 0 Å². The molecule has 3 nitrogen and oxygen atoms in total. The predicted molar refractivity (Wildman–Crippen MR) is 95.9 cm³/mol. The third kappa shape index (κ3) is 2.04. The fourth-order valence-electron chi connectivity index (χ4n) is 5.18. The van der Waals surface area contributed by atoms with Gasteiger partial charge in [0.2, 0.25) is 0 Å². The first kappa shape index (κ1) is 17.2. The fraction of sp³-hybridized carbons (Fsp3) is 0.524. The quantitative estimate of drug-likeness (QED) is 0.798. The second-order valence-electron chi connectivity index (χ2n) is 7.65. The molecule has 1 N–H and O–H groups in total. The molecule has 0 amide bonds. The van der Waals surface area contributed by atoms with Crippen LogP contribution in [0.25, 0.3) is 0 Å². The lowest BCUT2D eigenvalue weighted by Gasteiger charge is -2.46. The average molecular weight is 328 g/mol. The van der Waals surface area contributed by atoms with Crippen LogP contribution in [0.2, 0.25) is 0 Å². The van der Waals surface area contributed by atoms with Gasteiger partial charge in [-0.15, -0.1) is 13.2 Å². The third-order valence-corrected chi connectivity index (χ3v) is 6.69. The van der Waals surface area contributed by atoms with Gasteiger partial charge in [-0.1, -0.05) is 38.1 Å². The molecular formula is C21H28O3. The van der Waals surface area contributed by atoms with Gasteiger partial charge in [-0.25, -0.2) is 0 Å². The first-order chi connectivity index (χ1) is 11.4. The number of ether oxygens (including phenoxy) is 2. The molecule has 0 spiro atoms. The van der Waals surface area contributed by atoms with Crippen molar-refractivity contribution < 1.29 is 14.6 Å². The van der Waals surface area contributed by atoms with Crippen molar-refractivity contribution in [2.24, 2.45) is 16.7 Å². The first-order valence-corrected chi connectivity index (χ1v) is 8.60. The van der Waals surface area contributed by atoms with Crippen molar-refractivity contribution in [2.75, 3.05) is 7.11 Å². The fourth-order valence-corrected chi connectivity index (χ4v) is 5.18. The molecule has 130 valence electrons. The van der Waals surface area contributed by atoms with E-state index in [1.807, 2.05) is 30.3 Å². The van der Waals surface area contributed by atoms with E-state index in [1.54, 1.807) is 13.2 Å². The molecule has 24 heavy (non-hydrogen) atoms. The molecule has 2 bridgehead atoms. The number of rotatable bonds is 6. The third-order valence-electron chi connectivity index (χ3n) is 6.69. The monoisotopic (exact) mass is 328 g/mol. The molecule has 0 aromatic heterocycles. The van der Waals surface area contributed by atoms with Gasteiger partial charge in [0.25, 0.3) is 0 Å². The Balaban J connectivity index is 1.85. The summed E-state index contributed by atoms with van der Waals surface area (Å²) in [7, 11) is 1.65. The summed E-state index contributed by atoms with van der Waals surface area (Å²) >= 11 is 0. The van der Waals surface area contributed by atoms with E-state index in [9.17, 15) is 5.11 Å². The number of aliphatic hydroxyl groups is 1. The van der Waals surface area contributed by atoms with Crippen LogP contribution in [0, 0.1) is 16.7 Å². The zero-order valence-corrected chi connectivity index (χ0v) is 14.9. The van der Waals surface area contributed by atoms with Crippen molar-refractivity contribution in [3.63, 3.8) is 0 Å². The number of methoxy groups -OCH3 is 1. The predicted octanol–water partition coefficient (Wildman–Crippen LogP) is 4.12. The summed E-state index contributed by atoms with van der Waals surface area (Å²) in [5.74, 6) is 1.12. The minimum Gasteiger partial charge on any atom is -0.497 e. The van der Waals surface area contributed by atoms with Crippen LogP contribution in [0.1, 0.15) is 32.3 Å². The minimum atomic E-state index is -1.08. The lowest BCUT2D eigenvalue weighted by atomic mass is 9.63. The Kier molecular flexibility index (Phi) is 4.13. The maximum atomic E-state index is 11.5. The first-order valence-electron chi connectivity index (χ1n) is 8.60. The van der Waals surface area contributed by atoms with Crippen LogP contribution in [-0.4, -0.2) is 23.9 Å². The van der Waals surface area contributed by atoms with Crippen molar-refractivity contribution in [2.45, 2.75) is 45.0 Å². The maximum Gasteiger partial charge on any atom is 0.118 e. The molecule has 2 fully saturated rings. The average Bonchev–Trinajstić information content (AvgIpc) is 2.93. The van der Waals surface area contributed by atoms with Crippen molar-refractivity contribution in [3.8, 4) is 5.75 Å². The molecular weight excluding hydrogens is 300 g/mol. The highest BCUT2D eigenvalue weighted by molar-refractivity contribution is 5.34. The van der Waals surface area contributed by atoms with E-state index in [2.05, 4.69) is 27.0 Å². The molecule has 0 heterocycles. The van der Waals surface area contributed by atoms with Crippen LogP contribution in [0.3, 0.4) is 0 Å². The number of fused-ring (bicyclic) bond motifs is 2. The number of hydrogen-bond donors (Lipinski definition) is 1. The van der Waals surface area contributed by atoms with E-state index in [0.717, 1.165) is 24.2 Å². The van der Waals surface area contributed by atoms with Crippen LogP contribution in [0.5, 0.6) is 5.75 Å². The van der Waals surface area contributed by atoms with Crippen molar-refractivity contribution >= 4 is 0 Å². The van der Waals surface area contributed by atoms with Gasteiger partial charge < -0.3 is 14.6 Å². The summed E-state index contributed by atoms with van der Waals surface area (Å²) in [6, 6.07) is 7.84. The highest BCUT2D eigenvalue weighted by atomic mass is 16.5. The molecule has 0 saturated heterocycles. The van der Waals surface area contributed by atoms with Gasteiger partial charge in [0.1, 0.15) is 11.4 Å². The van der Waals surface area contributed by atoms with Crippen molar-refractivity contribution in [3.05, 3.63) is 55.1 Å². The number of benzene rings is 1. The van der Waals surface area contributed by atoms with Crippen LogP contribution >= 0.6 is 0 Å². The van der Waals surface area contributed by atoms with Gasteiger partial charge in [-0.05, 0) is 41.9 Å². The van der Waals surface area contributed by atoms with E-state index in [4.69, 9.17) is 9.47 Å². The van der Waals surface area contributed by atoms with E-state index in [-0.39, 0.29) is 22.9 Å². The van der Waals surface area contributed by atoms with Gasteiger partial charge in [0.05, 0.1) is 19.8 Å². The molecule has 2 aliphatic carbocycles. The van der Waals surface area contributed by atoms with Gasteiger partial charge in [-0.3, -0.25) is 0 Å². The Morgan fingerprint density at radius 1 is 1.21 bits per heavy atom. The normalized spacial score (nSPS) is 36.5. The zero-order valence-electron chi connectivity index (χ0n) is 14.9.